The van der Waals surface area contributed by atoms with E-state index in [0.29, 0.717) is 11.3 Å². The number of phenolic OH excluding ortho intramolecular Hbond substituents is 1. The first-order valence-electron chi connectivity index (χ1n) is 5.88. The quantitative estimate of drug-likeness (QED) is 0.877. The summed E-state index contributed by atoms with van der Waals surface area (Å²) >= 11 is 0.536. The van der Waals surface area contributed by atoms with E-state index in [2.05, 4.69) is 9.72 Å². The third-order valence-corrected chi connectivity index (χ3v) is 3.56. The number of para-hydroxylation sites is 1. The van der Waals surface area contributed by atoms with E-state index in [-0.39, 0.29) is 22.9 Å². The highest BCUT2D eigenvalue weighted by Gasteiger charge is 2.40. The molecule has 1 aromatic heterocycles. The van der Waals surface area contributed by atoms with Gasteiger partial charge in [-0.2, -0.15) is 13.2 Å². The molecule has 4 nitrogen and oxygen atoms in total. The maximum Gasteiger partial charge on any atom is 0.435 e. The number of ether oxygens (including phenoxy) is 1. The molecule has 0 spiro atoms. The summed E-state index contributed by atoms with van der Waals surface area (Å²) in [7, 11) is 0. The normalized spacial score (nSPS) is 11.4. The van der Waals surface area contributed by atoms with Crippen molar-refractivity contribution >= 4 is 17.3 Å². The van der Waals surface area contributed by atoms with Gasteiger partial charge in [-0.25, -0.2) is 9.78 Å². The number of aromatic hydroxyl groups is 1. The number of hydrogen-bond acceptors (Lipinski definition) is 5. The zero-order valence-electron chi connectivity index (χ0n) is 10.8. The monoisotopic (exact) mass is 317 g/mol. The first-order valence-corrected chi connectivity index (χ1v) is 6.69. The van der Waals surface area contributed by atoms with Gasteiger partial charge < -0.3 is 9.84 Å². The van der Waals surface area contributed by atoms with Crippen LogP contribution in [0.15, 0.2) is 24.3 Å². The van der Waals surface area contributed by atoms with Crippen LogP contribution < -0.4 is 0 Å². The van der Waals surface area contributed by atoms with Crippen molar-refractivity contribution < 1.29 is 27.8 Å². The molecular formula is C13H10F3NO3S. The zero-order chi connectivity index (χ0) is 15.6. The molecule has 8 heteroatoms. The molecule has 1 heterocycles. The number of carbonyl (C=O) groups excluding carboxylic acids is 1. The second-order valence-corrected chi connectivity index (χ2v) is 4.93. The van der Waals surface area contributed by atoms with Crippen LogP contribution in [0.5, 0.6) is 5.75 Å². The Morgan fingerprint density at radius 2 is 2.05 bits per heavy atom. The molecule has 21 heavy (non-hydrogen) atoms. The van der Waals surface area contributed by atoms with Crippen molar-refractivity contribution in [2.75, 3.05) is 6.61 Å². The van der Waals surface area contributed by atoms with Crippen LogP contribution in [0.1, 0.15) is 22.3 Å². The van der Waals surface area contributed by atoms with Crippen molar-refractivity contribution in [2.45, 2.75) is 13.1 Å². The second-order valence-electron chi connectivity index (χ2n) is 3.93. The molecule has 0 radical (unpaired) electrons. The van der Waals surface area contributed by atoms with E-state index in [1.54, 1.807) is 6.07 Å². The molecular weight excluding hydrogens is 307 g/mol. The van der Waals surface area contributed by atoms with Gasteiger partial charge in [-0.05, 0) is 19.1 Å². The van der Waals surface area contributed by atoms with Crippen molar-refractivity contribution in [3.63, 3.8) is 0 Å². The molecule has 0 amide bonds. The summed E-state index contributed by atoms with van der Waals surface area (Å²) in [6, 6.07) is 5.83. The Kier molecular flexibility index (Phi) is 4.17. The van der Waals surface area contributed by atoms with Crippen LogP contribution in [0.3, 0.4) is 0 Å². The maximum atomic E-state index is 13.0. The van der Waals surface area contributed by atoms with Gasteiger partial charge in [-0.3, -0.25) is 0 Å². The summed E-state index contributed by atoms with van der Waals surface area (Å²) in [5, 5.41) is 9.58. The largest absolute Gasteiger partial charge is 0.507 e. The third kappa shape index (κ3) is 3.15. The van der Waals surface area contributed by atoms with E-state index in [1.165, 1.54) is 25.1 Å². The number of phenols is 1. The molecule has 0 fully saturated rings. The molecule has 0 aliphatic rings. The van der Waals surface area contributed by atoms with Crippen molar-refractivity contribution in [3.05, 3.63) is 34.8 Å². The molecule has 112 valence electrons. The van der Waals surface area contributed by atoms with Crippen LogP contribution in [0.25, 0.3) is 10.6 Å². The minimum absolute atomic E-state index is 0.0417. The van der Waals surface area contributed by atoms with Gasteiger partial charge in [-0.15, -0.1) is 11.3 Å². The highest BCUT2D eigenvalue weighted by molar-refractivity contribution is 7.17. The molecule has 1 aromatic carbocycles. The van der Waals surface area contributed by atoms with Crippen LogP contribution in [0, 0.1) is 0 Å². The van der Waals surface area contributed by atoms with E-state index in [9.17, 15) is 23.1 Å². The van der Waals surface area contributed by atoms with Gasteiger partial charge in [0.05, 0.1) is 12.2 Å². The number of rotatable bonds is 3. The third-order valence-electron chi connectivity index (χ3n) is 2.49. The number of hydrogen-bond donors (Lipinski definition) is 1. The Morgan fingerprint density at radius 1 is 1.38 bits per heavy atom. The van der Waals surface area contributed by atoms with Gasteiger partial charge >= 0.3 is 12.1 Å². The van der Waals surface area contributed by atoms with Gasteiger partial charge in [0.2, 0.25) is 0 Å². The van der Waals surface area contributed by atoms with Crippen molar-refractivity contribution in [3.8, 4) is 16.3 Å². The minimum atomic E-state index is -4.78. The van der Waals surface area contributed by atoms with Gasteiger partial charge in [-0.1, -0.05) is 12.1 Å². The van der Waals surface area contributed by atoms with Gasteiger partial charge in [0.15, 0.2) is 5.69 Å². The lowest BCUT2D eigenvalue weighted by atomic mass is 10.2. The summed E-state index contributed by atoms with van der Waals surface area (Å²) in [5.41, 5.74) is -1.17. The fraction of sp³-hybridized carbons (Fsp3) is 0.231. The Hall–Kier alpha value is -2.09. The van der Waals surface area contributed by atoms with E-state index >= 15 is 0 Å². The second kappa shape index (κ2) is 5.72. The first kappa shape index (κ1) is 15.3. The summed E-state index contributed by atoms with van der Waals surface area (Å²) in [5.74, 6) is -1.29. The fourth-order valence-corrected chi connectivity index (χ4v) is 2.63. The Morgan fingerprint density at radius 3 is 2.62 bits per heavy atom. The Bertz CT molecular complexity index is 667. The smallest absolute Gasteiger partial charge is 0.435 e. The summed E-state index contributed by atoms with van der Waals surface area (Å²) < 4.78 is 43.5. The molecule has 0 unspecified atom stereocenters. The fourth-order valence-electron chi connectivity index (χ4n) is 1.62. The minimum Gasteiger partial charge on any atom is -0.507 e. The van der Waals surface area contributed by atoms with E-state index < -0.39 is 22.7 Å². The Balaban J connectivity index is 2.56. The van der Waals surface area contributed by atoms with Crippen LogP contribution >= 0.6 is 11.3 Å². The van der Waals surface area contributed by atoms with Crippen molar-refractivity contribution in [1.29, 1.82) is 0 Å². The number of alkyl halides is 3. The highest BCUT2D eigenvalue weighted by Crippen LogP contribution is 2.40. The lowest BCUT2D eigenvalue weighted by molar-refractivity contribution is -0.141. The van der Waals surface area contributed by atoms with Crippen LogP contribution in [0.2, 0.25) is 0 Å². The number of benzene rings is 1. The topological polar surface area (TPSA) is 59.4 Å². The summed E-state index contributed by atoms with van der Waals surface area (Å²) in [6.07, 6.45) is -4.78. The number of halogens is 3. The van der Waals surface area contributed by atoms with E-state index in [4.69, 9.17) is 0 Å². The molecule has 1 N–H and O–H groups in total. The average Bonchev–Trinajstić information content (AvgIpc) is 2.84. The van der Waals surface area contributed by atoms with Crippen LogP contribution in [0.4, 0.5) is 13.2 Å². The van der Waals surface area contributed by atoms with Crippen LogP contribution in [-0.2, 0) is 10.9 Å². The molecule has 0 saturated heterocycles. The van der Waals surface area contributed by atoms with Crippen molar-refractivity contribution in [2.24, 2.45) is 0 Å². The molecule has 0 saturated carbocycles. The Labute approximate surface area is 121 Å². The standard InChI is InChI=1S/C13H10F3NO3S/c1-2-20-12(19)9-10(13(14,15)16)17-11(21-9)7-5-3-4-6-8(7)18/h3-6,18H,2H2,1H3. The van der Waals surface area contributed by atoms with Crippen LogP contribution in [-0.4, -0.2) is 22.7 Å². The van der Waals surface area contributed by atoms with E-state index in [0.717, 1.165) is 0 Å². The maximum absolute atomic E-state index is 13.0. The molecule has 0 bridgehead atoms. The van der Waals surface area contributed by atoms with Gasteiger partial charge in [0, 0.05) is 0 Å². The number of esters is 1. The zero-order valence-corrected chi connectivity index (χ0v) is 11.6. The predicted octanol–water partition coefficient (Wildman–Crippen LogP) is 3.71. The SMILES string of the molecule is CCOC(=O)c1sc(-c2ccccc2O)nc1C(F)(F)F. The molecule has 0 aliphatic carbocycles. The summed E-state index contributed by atoms with van der Waals surface area (Å²) in [4.78, 5) is 14.5. The van der Waals surface area contributed by atoms with Gasteiger partial charge in [0.25, 0.3) is 0 Å². The average molecular weight is 317 g/mol. The first-order chi connectivity index (χ1) is 9.84. The molecule has 2 rings (SSSR count). The van der Waals surface area contributed by atoms with Gasteiger partial charge in [0.1, 0.15) is 15.6 Å². The highest BCUT2D eigenvalue weighted by atomic mass is 32.1. The molecule has 0 aliphatic heterocycles. The number of aromatic nitrogens is 1. The predicted molar refractivity (Wildman–Crippen MR) is 70.2 cm³/mol. The van der Waals surface area contributed by atoms with Crippen molar-refractivity contribution in [1.82, 2.24) is 4.98 Å². The lowest BCUT2D eigenvalue weighted by Gasteiger charge is -2.05. The molecule has 2 aromatic rings. The number of carbonyl (C=O) groups is 1. The summed E-state index contributed by atoms with van der Waals surface area (Å²) in [6.45, 7) is 1.45. The van der Waals surface area contributed by atoms with E-state index in [1.807, 2.05) is 0 Å². The lowest BCUT2D eigenvalue weighted by Crippen LogP contribution is -2.13. The molecule has 0 atom stereocenters. The number of nitrogens with zero attached hydrogens (tertiary/aromatic N) is 1. The number of thiazole rings is 1.